The van der Waals surface area contributed by atoms with Gasteiger partial charge >= 0.3 is 0 Å². The first-order chi connectivity index (χ1) is 17.0. The molecular weight excluding hydrogens is 446 g/mol. The highest BCUT2D eigenvalue weighted by Crippen LogP contribution is 2.23. The molecule has 1 aliphatic heterocycles. The van der Waals surface area contributed by atoms with Crippen LogP contribution >= 0.6 is 0 Å². The average molecular weight is 475 g/mol. The van der Waals surface area contributed by atoms with Crippen LogP contribution in [0.25, 0.3) is 5.57 Å². The third-order valence-electron chi connectivity index (χ3n) is 6.20. The topological polar surface area (TPSA) is 102 Å². The van der Waals surface area contributed by atoms with Crippen LogP contribution in [0.3, 0.4) is 0 Å². The van der Waals surface area contributed by atoms with Gasteiger partial charge in [-0.05, 0) is 61.3 Å². The molecule has 1 aromatic heterocycles. The van der Waals surface area contributed by atoms with Gasteiger partial charge in [0.15, 0.2) is 0 Å². The molecule has 1 unspecified atom stereocenters. The minimum Gasteiger partial charge on any atom is -0.398 e. The fourth-order valence-corrected chi connectivity index (χ4v) is 4.28. The van der Waals surface area contributed by atoms with Gasteiger partial charge in [0.2, 0.25) is 0 Å². The van der Waals surface area contributed by atoms with Gasteiger partial charge in [-0.1, -0.05) is 12.1 Å². The molecule has 0 spiro atoms. The van der Waals surface area contributed by atoms with Gasteiger partial charge in [-0.3, -0.25) is 15.3 Å². The molecule has 0 saturated carbocycles. The van der Waals surface area contributed by atoms with Gasteiger partial charge in [0.25, 0.3) is 0 Å². The zero-order chi connectivity index (χ0) is 24.8. The number of hydrogen-bond donors (Lipinski definition) is 4. The van der Waals surface area contributed by atoms with E-state index in [1.54, 1.807) is 36.8 Å². The van der Waals surface area contributed by atoms with Crippen molar-refractivity contribution in [3.8, 4) is 0 Å². The predicted octanol–water partition coefficient (Wildman–Crippen LogP) is 4.60. The van der Waals surface area contributed by atoms with Gasteiger partial charge in [0.05, 0.1) is 5.71 Å². The van der Waals surface area contributed by atoms with E-state index in [4.69, 9.17) is 16.6 Å². The molecule has 1 fully saturated rings. The van der Waals surface area contributed by atoms with Crippen molar-refractivity contribution in [3.05, 3.63) is 101 Å². The van der Waals surface area contributed by atoms with Crippen molar-refractivity contribution >= 4 is 23.2 Å². The number of hydrogen-bond acceptors (Lipinski definition) is 6. The molecule has 8 heteroatoms. The largest absolute Gasteiger partial charge is 0.398 e. The minimum atomic E-state index is -0.525. The number of nitrogen functional groups attached to an aromatic ring is 1. The Bertz CT molecular complexity index is 1220. The highest BCUT2D eigenvalue weighted by molar-refractivity contribution is 6.15. The number of nitrogens with two attached hydrogens (primary N) is 1. The maximum atomic E-state index is 14.1. The Morgan fingerprint density at radius 1 is 1.11 bits per heavy atom. The van der Waals surface area contributed by atoms with E-state index in [1.807, 2.05) is 17.0 Å². The Morgan fingerprint density at radius 3 is 2.57 bits per heavy atom. The van der Waals surface area contributed by atoms with Crippen molar-refractivity contribution in [1.29, 1.82) is 10.8 Å². The second-order valence-electron chi connectivity index (χ2n) is 8.60. The average Bonchev–Trinajstić information content (AvgIpc) is 2.88. The summed E-state index contributed by atoms with van der Waals surface area (Å²) >= 11 is 0. The third kappa shape index (κ3) is 5.78. The lowest BCUT2D eigenvalue weighted by atomic mass is 9.97. The lowest BCUT2D eigenvalue weighted by Gasteiger charge is -2.33. The molecule has 0 radical (unpaired) electrons. The Morgan fingerprint density at radius 2 is 1.86 bits per heavy atom. The highest BCUT2D eigenvalue weighted by Gasteiger charge is 2.21. The van der Waals surface area contributed by atoms with Gasteiger partial charge < -0.3 is 16.5 Å². The number of anilines is 1. The second-order valence-corrected chi connectivity index (χ2v) is 8.60. The predicted molar refractivity (Wildman–Crippen MR) is 136 cm³/mol. The molecule has 6 nitrogen and oxygen atoms in total. The van der Waals surface area contributed by atoms with E-state index in [9.17, 15) is 8.78 Å². The molecule has 1 atom stereocenters. The molecule has 180 valence electrons. The van der Waals surface area contributed by atoms with Gasteiger partial charge in [0.1, 0.15) is 11.6 Å². The third-order valence-corrected chi connectivity index (χ3v) is 6.20. The van der Waals surface area contributed by atoms with Gasteiger partial charge in [-0.2, -0.15) is 0 Å². The van der Waals surface area contributed by atoms with Crippen molar-refractivity contribution < 1.29 is 8.78 Å². The smallest absolute Gasteiger partial charge is 0.130 e. The summed E-state index contributed by atoms with van der Waals surface area (Å²) in [6.07, 6.45) is 8.12. The fourth-order valence-electron chi connectivity index (χ4n) is 4.28. The van der Waals surface area contributed by atoms with E-state index in [-0.39, 0.29) is 23.9 Å². The van der Waals surface area contributed by atoms with Gasteiger partial charge in [-0.25, -0.2) is 8.78 Å². The number of rotatable bonds is 8. The number of aromatic nitrogens is 1. The van der Waals surface area contributed by atoms with E-state index >= 15 is 0 Å². The quantitative estimate of drug-likeness (QED) is 0.283. The number of likely N-dealkylation sites (tertiary alicyclic amines) is 1. The Balaban J connectivity index is 1.47. The van der Waals surface area contributed by atoms with Crippen LogP contribution < -0.4 is 11.1 Å². The van der Waals surface area contributed by atoms with Gasteiger partial charge in [-0.15, -0.1) is 0 Å². The van der Waals surface area contributed by atoms with Crippen LogP contribution in [-0.2, 0) is 6.54 Å². The zero-order valence-electron chi connectivity index (χ0n) is 19.3. The molecule has 0 aliphatic carbocycles. The summed E-state index contributed by atoms with van der Waals surface area (Å²) < 4.78 is 28.1. The Labute approximate surface area is 203 Å². The number of allylic oxidation sites excluding steroid dienone is 1. The normalized spacial score (nSPS) is 16.6. The monoisotopic (exact) mass is 474 g/mol. The summed E-state index contributed by atoms with van der Waals surface area (Å²) in [6.45, 7) is 1.62. The molecule has 5 N–H and O–H groups in total. The van der Waals surface area contributed by atoms with E-state index in [0.717, 1.165) is 24.9 Å². The Kier molecular flexibility index (Phi) is 7.62. The molecule has 4 rings (SSSR count). The highest BCUT2D eigenvalue weighted by atomic mass is 19.1. The van der Waals surface area contributed by atoms with Crippen molar-refractivity contribution in [2.45, 2.75) is 25.4 Å². The lowest BCUT2D eigenvalue weighted by molar-refractivity contribution is 0.186. The lowest BCUT2D eigenvalue weighted by Crippen LogP contribution is -2.43. The number of pyridine rings is 1. The van der Waals surface area contributed by atoms with E-state index in [0.29, 0.717) is 28.9 Å². The first kappa shape index (κ1) is 24.2. The number of benzene rings is 2. The molecule has 1 aliphatic rings. The van der Waals surface area contributed by atoms with Crippen LogP contribution in [-0.4, -0.2) is 40.9 Å². The molecular formula is C27H28F2N6. The standard InChI is InChI=1S/C27H28F2N6/c28-24-4-1-5-25(29)23(24)17-35-12-2-3-21(16-35)34-15-20(14-30)19-6-7-26(31)22(13-19)27(32)18-8-10-33-11-9-18/h1,4-11,13-15,21,30,32,34H,2-3,12,16-17,31H2/b20-15+,30-14?,32-27?. The van der Waals surface area contributed by atoms with Crippen molar-refractivity contribution in [2.75, 3.05) is 18.8 Å². The molecule has 2 aromatic carbocycles. The summed E-state index contributed by atoms with van der Waals surface area (Å²) in [5.74, 6) is -1.05. The van der Waals surface area contributed by atoms with Crippen LogP contribution in [0, 0.1) is 22.5 Å². The van der Waals surface area contributed by atoms with Crippen LogP contribution in [0.15, 0.2) is 67.1 Å². The van der Waals surface area contributed by atoms with Gasteiger partial charge in [0, 0.05) is 71.9 Å². The van der Waals surface area contributed by atoms with E-state index < -0.39 is 11.6 Å². The van der Waals surface area contributed by atoms with E-state index in [1.165, 1.54) is 24.4 Å². The number of nitrogens with zero attached hydrogens (tertiary/aromatic N) is 2. The molecule has 35 heavy (non-hydrogen) atoms. The summed E-state index contributed by atoms with van der Waals surface area (Å²) in [4.78, 5) is 6.03. The summed E-state index contributed by atoms with van der Waals surface area (Å²) in [7, 11) is 0. The first-order valence-corrected chi connectivity index (χ1v) is 11.5. The fraction of sp³-hybridized carbons (Fsp3) is 0.222. The molecule has 0 amide bonds. The maximum absolute atomic E-state index is 14.1. The second kappa shape index (κ2) is 11.0. The number of halogens is 2. The maximum Gasteiger partial charge on any atom is 0.130 e. The Hall–Kier alpha value is -3.91. The summed E-state index contributed by atoms with van der Waals surface area (Å²) in [6, 6.07) is 12.9. The molecule has 0 bridgehead atoms. The van der Waals surface area contributed by atoms with Crippen molar-refractivity contribution in [3.63, 3.8) is 0 Å². The SMILES string of the molecule is N=C/C(=C\NC1CCCN(Cc2c(F)cccc2F)C1)c1ccc(N)c(C(=N)c2ccncc2)c1. The molecule has 1 saturated heterocycles. The van der Waals surface area contributed by atoms with Crippen molar-refractivity contribution in [1.82, 2.24) is 15.2 Å². The van der Waals surface area contributed by atoms with Crippen molar-refractivity contribution in [2.24, 2.45) is 0 Å². The minimum absolute atomic E-state index is 0.0805. The zero-order valence-corrected chi connectivity index (χ0v) is 19.3. The summed E-state index contributed by atoms with van der Waals surface area (Å²) in [5.41, 5.74) is 9.70. The van der Waals surface area contributed by atoms with Crippen LogP contribution in [0.5, 0.6) is 0 Å². The first-order valence-electron chi connectivity index (χ1n) is 11.5. The number of nitrogens with one attached hydrogen (secondary N) is 3. The van der Waals surface area contributed by atoms with Crippen LogP contribution in [0.4, 0.5) is 14.5 Å². The number of piperidine rings is 1. The molecule has 2 heterocycles. The van der Waals surface area contributed by atoms with Crippen LogP contribution in [0.1, 0.15) is 35.1 Å². The molecule has 3 aromatic rings. The summed E-state index contributed by atoms with van der Waals surface area (Å²) in [5, 5.41) is 19.9. The van der Waals surface area contributed by atoms with E-state index in [2.05, 4.69) is 10.3 Å². The van der Waals surface area contributed by atoms with Crippen LogP contribution in [0.2, 0.25) is 0 Å².